The van der Waals surface area contributed by atoms with Crippen molar-refractivity contribution < 1.29 is 18.0 Å². The zero-order valence-corrected chi connectivity index (χ0v) is 17.2. The number of likely N-dealkylation sites (N-methyl/N-ethyl adjacent to an activating group) is 1. The molecule has 10 heteroatoms. The largest absolute Gasteiger partial charge is 0.358 e. The van der Waals surface area contributed by atoms with Gasteiger partial charge in [0.05, 0.1) is 6.54 Å². The third-order valence-corrected chi connectivity index (χ3v) is 7.08. The van der Waals surface area contributed by atoms with Crippen LogP contribution in [-0.4, -0.2) is 93.1 Å². The van der Waals surface area contributed by atoms with Gasteiger partial charge in [-0.15, -0.1) is 4.40 Å². The molecule has 3 aliphatic rings. The molecule has 0 unspecified atom stereocenters. The van der Waals surface area contributed by atoms with Crippen LogP contribution < -0.4 is 5.32 Å². The van der Waals surface area contributed by atoms with Crippen LogP contribution in [0.2, 0.25) is 0 Å². The summed E-state index contributed by atoms with van der Waals surface area (Å²) in [6.07, 6.45) is 1.49. The molecule has 2 amide bonds. The summed E-state index contributed by atoms with van der Waals surface area (Å²) in [5.74, 6) is 0.354. The lowest BCUT2D eigenvalue weighted by Gasteiger charge is -2.37. The summed E-state index contributed by atoms with van der Waals surface area (Å²) < 4.78 is 28.8. The summed E-state index contributed by atoms with van der Waals surface area (Å²) in [7, 11) is -2.10. The number of benzene rings is 1. The van der Waals surface area contributed by atoms with Crippen molar-refractivity contribution >= 4 is 27.7 Å². The molecule has 0 spiro atoms. The Labute approximate surface area is 170 Å². The topological polar surface area (TPSA) is 102 Å². The zero-order chi connectivity index (χ0) is 20.6. The van der Waals surface area contributed by atoms with Crippen LogP contribution in [0, 0.1) is 0 Å². The second kappa shape index (κ2) is 7.75. The van der Waals surface area contributed by atoms with Gasteiger partial charge < -0.3 is 15.1 Å². The highest BCUT2D eigenvalue weighted by Crippen LogP contribution is 2.31. The monoisotopic (exact) mass is 419 g/mol. The van der Waals surface area contributed by atoms with Crippen molar-refractivity contribution in [2.24, 2.45) is 4.40 Å². The quantitative estimate of drug-likeness (QED) is 0.708. The Morgan fingerprint density at radius 2 is 1.86 bits per heavy atom. The number of fused-ring (bicyclic) bond motifs is 1. The number of likely N-dealkylation sites (tertiary alicyclic amines) is 1. The maximum absolute atomic E-state index is 13.2. The van der Waals surface area contributed by atoms with Crippen molar-refractivity contribution in [1.82, 2.24) is 20.0 Å². The van der Waals surface area contributed by atoms with Crippen molar-refractivity contribution in [2.45, 2.75) is 23.8 Å². The maximum atomic E-state index is 13.2. The number of hydrogen-bond acceptors (Lipinski definition) is 6. The van der Waals surface area contributed by atoms with Gasteiger partial charge in [0, 0.05) is 45.3 Å². The maximum Gasteiger partial charge on any atom is 0.285 e. The molecular formula is C19H25N5O4S. The van der Waals surface area contributed by atoms with E-state index in [1.807, 2.05) is 14.7 Å². The number of amides is 2. The van der Waals surface area contributed by atoms with E-state index >= 15 is 0 Å². The standard InChI is InChI=1S/C19H25N5O4S/c1-20-17(25)13-22-9-11-23(12-10-22)19(26)15-6-4-8-24(15)18-14-5-2-3-7-16(14)29(27,28)21-18/h2-3,5,7,15H,4,6,8-13H2,1H3,(H,20,25)/t15-/m1/s1. The van der Waals surface area contributed by atoms with E-state index in [-0.39, 0.29) is 16.7 Å². The Hall–Kier alpha value is -2.46. The number of nitrogens with one attached hydrogen (secondary N) is 1. The molecule has 3 aliphatic heterocycles. The van der Waals surface area contributed by atoms with Gasteiger partial charge >= 0.3 is 0 Å². The average molecular weight is 420 g/mol. The molecule has 9 nitrogen and oxygen atoms in total. The second-order valence-corrected chi connectivity index (χ2v) is 9.08. The molecule has 2 saturated heterocycles. The molecule has 1 aromatic carbocycles. The van der Waals surface area contributed by atoms with E-state index in [0.717, 1.165) is 6.42 Å². The fourth-order valence-corrected chi connectivity index (χ4v) is 5.41. The molecule has 2 fully saturated rings. The van der Waals surface area contributed by atoms with E-state index < -0.39 is 16.1 Å². The number of rotatable bonds is 3. The van der Waals surface area contributed by atoms with Gasteiger partial charge in [-0.25, -0.2) is 0 Å². The predicted molar refractivity (Wildman–Crippen MR) is 107 cm³/mol. The van der Waals surface area contributed by atoms with Gasteiger partial charge in [-0.1, -0.05) is 12.1 Å². The zero-order valence-electron chi connectivity index (χ0n) is 16.4. The average Bonchev–Trinajstić information content (AvgIpc) is 3.31. The Balaban J connectivity index is 1.47. The van der Waals surface area contributed by atoms with E-state index in [0.29, 0.717) is 57.1 Å². The highest BCUT2D eigenvalue weighted by atomic mass is 32.2. The minimum atomic E-state index is -3.71. The Kier molecular flexibility index (Phi) is 5.30. The van der Waals surface area contributed by atoms with Crippen LogP contribution >= 0.6 is 0 Å². The van der Waals surface area contributed by atoms with Gasteiger partial charge in [0.2, 0.25) is 11.8 Å². The van der Waals surface area contributed by atoms with E-state index in [1.54, 1.807) is 31.3 Å². The van der Waals surface area contributed by atoms with Crippen molar-refractivity contribution in [3.63, 3.8) is 0 Å². The highest BCUT2D eigenvalue weighted by molar-refractivity contribution is 7.90. The molecule has 3 heterocycles. The summed E-state index contributed by atoms with van der Waals surface area (Å²) in [5.41, 5.74) is 0.572. The first-order chi connectivity index (χ1) is 13.9. The molecule has 1 atom stereocenters. The van der Waals surface area contributed by atoms with E-state index in [1.165, 1.54) is 0 Å². The molecule has 4 rings (SSSR count). The fraction of sp³-hybridized carbons (Fsp3) is 0.526. The highest BCUT2D eigenvalue weighted by Gasteiger charge is 2.41. The van der Waals surface area contributed by atoms with E-state index in [4.69, 9.17) is 0 Å². The van der Waals surface area contributed by atoms with Gasteiger partial charge in [0.15, 0.2) is 5.84 Å². The van der Waals surface area contributed by atoms with Gasteiger partial charge in [-0.3, -0.25) is 14.5 Å². The van der Waals surface area contributed by atoms with Crippen LogP contribution in [-0.2, 0) is 19.6 Å². The lowest BCUT2D eigenvalue weighted by atomic mass is 10.1. The van der Waals surface area contributed by atoms with Crippen LogP contribution in [0.4, 0.5) is 0 Å². The Morgan fingerprint density at radius 3 is 2.59 bits per heavy atom. The van der Waals surface area contributed by atoms with Crippen molar-refractivity contribution in [2.75, 3.05) is 46.3 Å². The summed E-state index contributed by atoms with van der Waals surface area (Å²) in [6.45, 7) is 3.34. The number of sulfonamides is 1. The number of carbonyl (C=O) groups is 2. The van der Waals surface area contributed by atoms with Crippen LogP contribution in [0.5, 0.6) is 0 Å². The van der Waals surface area contributed by atoms with Crippen molar-refractivity contribution in [3.8, 4) is 0 Å². The van der Waals surface area contributed by atoms with Crippen LogP contribution in [0.25, 0.3) is 0 Å². The summed E-state index contributed by atoms with van der Waals surface area (Å²) >= 11 is 0. The summed E-state index contributed by atoms with van der Waals surface area (Å²) in [5, 5.41) is 2.61. The molecule has 1 N–H and O–H groups in total. The Morgan fingerprint density at radius 1 is 1.14 bits per heavy atom. The first kappa shape index (κ1) is 19.8. The summed E-state index contributed by atoms with van der Waals surface area (Å²) in [6, 6.07) is 6.37. The SMILES string of the molecule is CNC(=O)CN1CCN(C(=O)[C@H]2CCCN2C2=NS(=O)(=O)c3ccccc32)CC1. The molecular weight excluding hydrogens is 394 g/mol. The second-order valence-electron chi connectivity index (χ2n) is 7.51. The molecule has 156 valence electrons. The summed E-state index contributed by atoms with van der Waals surface area (Å²) in [4.78, 5) is 30.7. The van der Waals surface area contributed by atoms with Crippen molar-refractivity contribution in [3.05, 3.63) is 29.8 Å². The number of amidine groups is 1. The normalized spacial score (nSPS) is 23.6. The molecule has 0 saturated carbocycles. The third kappa shape index (κ3) is 3.74. The molecule has 0 aliphatic carbocycles. The van der Waals surface area contributed by atoms with E-state index in [2.05, 4.69) is 9.71 Å². The smallest absolute Gasteiger partial charge is 0.285 e. The van der Waals surface area contributed by atoms with Gasteiger partial charge in [-0.05, 0) is 25.0 Å². The van der Waals surface area contributed by atoms with Crippen LogP contribution in [0.15, 0.2) is 33.6 Å². The lowest BCUT2D eigenvalue weighted by molar-refractivity contribution is -0.136. The van der Waals surface area contributed by atoms with Crippen LogP contribution in [0.3, 0.4) is 0 Å². The van der Waals surface area contributed by atoms with E-state index in [9.17, 15) is 18.0 Å². The predicted octanol–water partition coefficient (Wildman–Crippen LogP) is -0.510. The van der Waals surface area contributed by atoms with Crippen molar-refractivity contribution in [1.29, 1.82) is 0 Å². The molecule has 1 aromatic rings. The van der Waals surface area contributed by atoms with Gasteiger partial charge in [0.25, 0.3) is 10.0 Å². The fourth-order valence-electron chi connectivity index (χ4n) is 4.19. The number of nitrogens with zero attached hydrogens (tertiary/aromatic N) is 4. The molecule has 0 bridgehead atoms. The lowest BCUT2D eigenvalue weighted by Crippen LogP contribution is -2.55. The minimum Gasteiger partial charge on any atom is -0.358 e. The van der Waals surface area contributed by atoms with Crippen LogP contribution in [0.1, 0.15) is 18.4 Å². The Bertz CT molecular complexity index is 953. The number of carbonyl (C=O) groups excluding carboxylic acids is 2. The minimum absolute atomic E-state index is 0.00609. The van der Waals surface area contributed by atoms with Gasteiger partial charge in [0.1, 0.15) is 10.9 Å². The number of piperazine rings is 1. The first-order valence-corrected chi connectivity index (χ1v) is 11.3. The number of hydrogen-bond donors (Lipinski definition) is 1. The third-order valence-electron chi connectivity index (χ3n) is 5.75. The van der Waals surface area contributed by atoms with Gasteiger partial charge in [-0.2, -0.15) is 8.42 Å². The molecule has 29 heavy (non-hydrogen) atoms. The first-order valence-electron chi connectivity index (χ1n) is 9.83. The molecule has 0 radical (unpaired) electrons. The molecule has 0 aromatic heterocycles.